The summed E-state index contributed by atoms with van der Waals surface area (Å²) in [4.78, 5) is 4.41. The summed E-state index contributed by atoms with van der Waals surface area (Å²) < 4.78 is 18.0. The van der Waals surface area contributed by atoms with Crippen LogP contribution in [0, 0.1) is 5.82 Å². The van der Waals surface area contributed by atoms with Gasteiger partial charge < -0.3 is 4.57 Å². The maximum absolute atomic E-state index is 14.0. The van der Waals surface area contributed by atoms with Gasteiger partial charge in [0, 0.05) is 24.4 Å². The van der Waals surface area contributed by atoms with Crippen LogP contribution in [0.3, 0.4) is 0 Å². The lowest BCUT2D eigenvalue weighted by Crippen LogP contribution is -1.91. The van der Waals surface area contributed by atoms with E-state index in [4.69, 9.17) is 0 Å². The van der Waals surface area contributed by atoms with E-state index in [9.17, 15) is 4.39 Å². The Kier molecular flexibility index (Phi) is 3.43. The monoisotopic (exact) mass is 363 g/mol. The first-order valence-corrected chi connectivity index (χ1v) is 9.15. The van der Waals surface area contributed by atoms with Crippen molar-refractivity contribution in [3.05, 3.63) is 66.1 Å². The molecule has 0 radical (unpaired) electrons. The third-order valence-corrected chi connectivity index (χ3v) is 5.48. The molecule has 0 fully saturated rings. The molecule has 0 saturated carbocycles. The maximum atomic E-state index is 14.0. The predicted molar refractivity (Wildman–Crippen MR) is 101 cm³/mol. The summed E-state index contributed by atoms with van der Waals surface area (Å²) in [6.07, 6.45) is 1.73. The molecule has 0 amide bonds. The fourth-order valence-corrected chi connectivity index (χ4v) is 4.22. The Morgan fingerprint density at radius 2 is 1.88 bits per heavy atom. The van der Waals surface area contributed by atoms with Crippen molar-refractivity contribution < 1.29 is 4.39 Å². The molecule has 0 bridgehead atoms. The van der Waals surface area contributed by atoms with Crippen molar-refractivity contribution in [1.82, 2.24) is 24.1 Å². The van der Waals surface area contributed by atoms with Crippen molar-refractivity contribution in [1.29, 1.82) is 0 Å². The van der Waals surface area contributed by atoms with Gasteiger partial charge in [-0.15, -0.1) is 10.2 Å². The molecule has 5 nitrogen and oxygen atoms in total. The normalized spacial score (nSPS) is 11.8. The topological polar surface area (TPSA) is 48.0 Å². The number of pyridine rings is 1. The van der Waals surface area contributed by atoms with Crippen LogP contribution in [-0.2, 0) is 12.8 Å². The number of aryl methyl sites for hydroxylation is 1. The zero-order valence-corrected chi connectivity index (χ0v) is 14.7. The van der Waals surface area contributed by atoms with Gasteiger partial charge in [-0.3, -0.25) is 9.38 Å². The fraction of sp³-hybridized carbons (Fsp3) is 0.105. The summed E-state index contributed by atoms with van der Waals surface area (Å²) in [6, 6.07) is 14.9. The van der Waals surface area contributed by atoms with Crippen LogP contribution in [0.5, 0.6) is 0 Å². The number of aromatic nitrogens is 5. The van der Waals surface area contributed by atoms with E-state index in [1.807, 2.05) is 40.3 Å². The van der Waals surface area contributed by atoms with Crippen LogP contribution >= 0.6 is 11.8 Å². The lowest BCUT2D eigenvalue weighted by atomic mass is 10.1. The smallest absolute Gasteiger partial charge is 0.236 e. The molecule has 5 aromatic rings. The average molecular weight is 363 g/mol. The van der Waals surface area contributed by atoms with Crippen molar-refractivity contribution in [3.63, 3.8) is 0 Å². The highest BCUT2D eigenvalue weighted by Gasteiger charge is 2.15. The van der Waals surface area contributed by atoms with Gasteiger partial charge >= 0.3 is 0 Å². The molecule has 0 aliphatic rings. The van der Waals surface area contributed by atoms with Crippen LogP contribution in [0.15, 0.2) is 59.9 Å². The van der Waals surface area contributed by atoms with Crippen molar-refractivity contribution in [2.75, 3.05) is 0 Å². The van der Waals surface area contributed by atoms with E-state index in [0.717, 1.165) is 38.4 Å². The SMILES string of the molecule is Cn1c2ccccc2n2c(SCc3cc(F)cc4cccnc34)nnc12. The van der Waals surface area contributed by atoms with Crippen LogP contribution in [0.1, 0.15) is 5.56 Å². The Labute approximate surface area is 152 Å². The van der Waals surface area contributed by atoms with Gasteiger partial charge in [-0.25, -0.2) is 4.39 Å². The minimum absolute atomic E-state index is 0.252. The van der Waals surface area contributed by atoms with Crippen LogP contribution in [0.2, 0.25) is 0 Å². The first-order chi connectivity index (χ1) is 12.7. The van der Waals surface area contributed by atoms with Gasteiger partial charge in [0.2, 0.25) is 5.78 Å². The summed E-state index contributed by atoms with van der Waals surface area (Å²) in [5.74, 6) is 1.10. The highest BCUT2D eigenvalue weighted by Crippen LogP contribution is 2.29. The van der Waals surface area contributed by atoms with Crippen LogP contribution < -0.4 is 0 Å². The van der Waals surface area contributed by atoms with Gasteiger partial charge in [-0.1, -0.05) is 30.0 Å². The number of fused-ring (bicyclic) bond motifs is 4. The minimum Gasteiger partial charge on any atom is -0.311 e. The Bertz CT molecular complexity index is 1270. The highest BCUT2D eigenvalue weighted by molar-refractivity contribution is 7.98. The molecule has 3 heterocycles. The second-order valence-corrected chi connectivity index (χ2v) is 7.04. The molecule has 2 aromatic carbocycles. The Morgan fingerprint density at radius 1 is 1.04 bits per heavy atom. The summed E-state index contributed by atoms with van der Waals surface area (Å²) in [5, 5.41) is 10.2. The van der Waals surface area contributed by atoms with Crippen molar-refractivity contribution >= 4 is 39.5 Å². The van der Waals surface area contributed by atoms with Crippen molar-refractivity contribution in [2.24, 2.45) is 7.05 Å². The third kappa shape index (κ3) is 2.28. The van der Waals surface area contributed by atoms with E-state index in [1.165, 1.54) is 17.8 Å². The van der Waals surface area contributed by atoms with Crippen LogP contribution in [0.25, 0.3) is 27.7 Å². The summed E-state index contributed by atoms with van der Waals surface area (Å²) in [6.45, 7) is 0. The number of halogens is 1. The number of rotatable bonds is 3. The predicted octanol–water partition coefficient (Wildman–Crippen LogP) is 4.20. The number of hydrogen-bond acceptors (Lipinski definition) is 4. The molecular weight excluding hydrogens is 349 g/mol. The molecule has 0 saturated heterocycles. The van der Waals surface area contributed by atoms with E-state index < -0.39 is 0 Å². The molecule has 0 aliphatic carbocycles. The number of thioether (sulfide) groups is 1. The van der Waals surface area contributed by atoms with Gasteiger partial charge in [0.05, 0.1) is 16.6 Å². The zero-order valence-electron chi connectivity index (χ0n) is 13.9. The van der Waals surface area contributed by atoms with Gasteiger partial charge in [-0.2, -0.15) is 0 Å². The highest BCUT2D eigenvalue weighted by atomic mass is 32.2. The number of benzene rings is 2. The molecule has 0 spiro atoms. The van der Waals surface area contributed by atoms with Gasteiger partial charge in [-0.05, 0) is 35.9 Å². The lowest BCUT2D eigenvalue weighted by Gasteiger charge is -2.05. The van der Waals surface area contributed by atoms with Crippen LogP contribution in [-0.4, -0.2) is 24.1 Å². The number of nitrogens with zero attached hydrogens (tertiary/aromatic N) is 5. The lowest BCUT2D eigenvalue weighted by molar-refractivity contribution is 0.628. The number of hydrogen-bond donors (Lipinski definition) is 0. The first-order valence-electron chi connectivity index (χ1n) is 8.17. The average Bonchev–Trinajstić information content (AvgIpc) is 3.20. The molecular formula is C19H14FN5S. The van der Waals surface area contributed by atoms with E-state index in [2.05, 4.69) is 27.3 Å². The summed E-state index contributed by atoms with van der Waals surface area (Å²) in [5.41, 5.74) is 3.82. The molecule has 26 heavy (non-hydrogen) atoms. The summed E-state index contributed by atoms with van der Waals surface area (Å²) >= 11 is 1.53. The van der Waals surface area contributed by atoms with Crippen molar-refractivity contribution in [2.45, 2.75) is 10.9 Å². The largest absolute Gasteiger partial charge is 0.311 e. The van der Waals surface area contributed by atoms with Crippen LogP contribution in [0.4, 0.5) is 4.39 Å². The Morgan fingerprint density at radius 3 is 2.77 bits per heavy atom. The molecule has 0 atom stereocenters. The molecule has 3 aromatic heterocycles. The zero-order chi connectivity index (χ0) is 17.7. The Hall–Kier alpha value is -2.93. The molecule has 0 N–H and O–H groups in total. The minimum atomic E-state index is -0.252. The van der Waals surface area contributed by atoms with E-state index in [0.29, 0.717) is 5.75 Å². The summed E-state index contributed by atoms with van der Waals surface area (Å²) in [7, 11) is 1.98. The second kappa shape index (κ2) is 5.81. The molecule has 128 valence electrons. The maximum Gasteiger partial charge on any atom is 0.236 e. The van der Waals surface area contributed by atoms with Gasteiger partial charge in [0.15, 0.2) is 5.16 Å². The molecule has 0 aliphatic heterocycles. The standard InChI is InChI=1S/C19H14FN5S/c1-24-15-6-2-3-7-16(15)25-18(24)22-23-19(25)26-11-13-10-14(20)9-12-5-4-8-21-17(12)13/h2-10H,11H2,1H3. The van der Waals surface area contributed by atoms with Crippen molar-refractivity contribution in [3.8, 4) is 0 Å². The van der Waals surface area contributed by atoms with E-state index >= 15 is 0 Å². The third-order valence-electron chi connectivity index (χ3n) is 4.51. The second-order valence-electron chi connectivity index (χ2n) is 6.09. The quantitative estimate of drug-likeness (QED) is 0.451. The molecule has 7 heteroatoms. The molecule has 5 rings (SSSR count). The fourth-order valence-electron chi connectivity index (χ4n) is 3.31. The van der Waals surface area contributed by atoms with Gasteiger partial charge in [0.25, 0.3) is 0 Å². The number of imidazole rings is 1. The number of para-hydroxylation sites is 2. The Balaban J connectivity index is 1.58. The van der Waals surface area contributed by atoms with E-state index in [1.54, 1.807) is 12.3 Å². The first kappa shape index (κ1) is 15.3. The van der Waals surface area contributed by atoms with E-state index in [-0.39, 0.29) is 5.82 Å². The molecule has 0 unspecified atom stereocenters. The van der Waals surface area contributed by atoms with Gasteiger partial charge in [0.1, 0.15) is 5.82 Å².